The number of esters is 1. The molecule has 6 nitrogen and oxygen atoms in total. The lowest BCUT2D eigenvalue weighted by atomic mass is 9.59. The number of ether oxygens (including phenoxy) is 1. The number of carbonyl (C=O) groups is 2. The van der Waals surface area contributed by atoms with Crippen LogP contribution in [0.3, 0.4) is 0 Å². The molecule has 174 valence electrons. The van der Waals surface area contributed by atoms with Crippen LogP contribution in [0.15, 0.2) is 48.1 Å². The Bertz CT molecular complexity index is 942. The van der Waals surface area contributed by atoms with E-state index in [-0.39, 0.29) is 35.0 Å². The second-order valence-corrected chi connectivity index (χ2v) is 10.6. The van der Waals surface area contributed by atoms with Crippen LogP contribution in [0.4, 0.5) is 0 Å². The number of aliphatic hydroxyl groups excluding tert-OH is 2. The quantitative estimate of drug-likeness (QED) is 0.343. The monoisotopic (exact) mass is 442 g/mol. The SMILES string of the molecule is C=CC=CCC(=O)OC1C(CO)=CC2C(=O)C3(C=C(C)C(O)C13O)C(C)CC1C2C1(C)C. The molecule has 6 heteroatoms. The fourth-order valence-corrected chi connectivity index (χ4v) is 7.01. The van der Waals surface area contributed by atoms with Gasteiger partial charge in [0, 0.05) is 5.92 Å². The molecule has 1 spiro atoms. The summed E-state index contributed by atoms with van der Waals surface area (Å²) in [4.78, 5) is 26.8. The minimum absolute atomic E-state index is 0.0344. The van der Waals surface area contributed by atoms with Crippen LogP contribution in [0.5, 0.6) is 0 Å². The van der Waals surface area contributed by atoms with E-state index in [1.807, 2.05) is 6.92 Å². The van der Waals surface area contributed by atoms with Gasteiger partial charge >= 0.3 is 5.97 Å². The maximum Gasteiger partial charge on any atom is 0.310 e. The highest BCUT2D eigenvalue weighted by Crippen LogP contribution is 2.71. The Labute approximate surface area is 189 Å². The van der Waals surface area contributed by atoms with Crippen molar-refractivity contribution in [2.24, 2.45) is 34.5 Å². The number of hydrogen-bond acceptors (Lipinski definition) is 6. The van der Waals surface area contributed by atoms with Crippen molar-refractivity contribution in [1.82, 2.24) is 0 Å². The first kappa shape index (κ1) is 23.1. The number of hydrogen-bond donors (Lipinski definition) is 3. The summed E-state index contributed by atoms with van der Waals surface area (Å²) in [5, 5.41) is 33.7. The van der Waals surface area contributed by atoms with Crippen LogP contribution in [0.25, 0.3) is 0 Å². The van der Waals surface area contributed by atoms with Gasteiger partial charge in [-0.1, -0.05) is 57.7 Å². The molecular formula is C26H34O6. The zero-order valence-electron chi connectivity index (χ0n) is 19.2. The van der Waals surface area contributed by atoms with E-state index in [1.165, 1.54) is 6.08 Å². The summed E-state index contributed by atoms with van der Waals surface area (Å²) in [6.07, 6.45) is 6.08. The van der Waals surface area contributed by atoms with E-state index >= 15 is 0 Å². The summed E-state index contributed by atoms with van der Waals surface area (Å²) < 4.78 is 5.75. The van der Waals surface area contributed by atoms with Crippen molar-refractivity contribution >= 4 is 11.8 Å². The Hall–Kier alpha value is -2.02. The molecule has 4 aliphatic carbocycles. The second-order valence-electron chi connectivity index (χ2n) is 10.6. The van der Waals surface area contributed by atoms with Gasteiger partial charge in [0.05, 0.1) is 18.4 Å². The van der Waals surface area contributed by atoms with Crippen molar-refractivity contribution in [2.45, 2.75) is 58.3 Å². The molecule has 0 amide bonds. The minimum Gasteiger partial charge on any atom is -0.454 e. The molecule has 32 heavy (non-hydrogen) atoms. The summed E-state index contributed by atoms with van der Waals surface area (Å²) in [6, 6.07) is 0. The standard InChI is InChI=1S/C26H34O6/c1-6-7-8-9-19(28)32-23-16(13-27)11-17-20-18(24(20,4)5)10-15(3)25(22(17)30)12-14(2)21(29)26(23,25)31/h6-8,11-12,15,17-18,20-21,23,27,29,31H,1,9-10,13H2,2-5H3. The molecule has 4 aliphatic rings. The molecule has 3 N–H and O–H groups in total. The first-order valence-electron chi connectivity index (χ1n) is 11.4. The predicted molar refractivity (Wildman–Crippen MR) is 119 cm³/mol. The summed E-state index contributed by atoms with van der Waals surface area (Å²) >= 11 is 0. The van der Waals surface area contributed by atoms with E-state index in [2.05, 4.69) is 20.4 Å². The Morgan fingerprint density at radius 3 is 2.69 bits per heavy atom. The van der Waals surface area contributed by atoms with Crippen LogP contribution < -0.4 is 0 Å². The molecular weight excluding hydrogens is 408 g/mol. The van der Waals surface area contributed by atoms with Crippen molar-refractivity contribution in [3.8, 4) is 0 Å². The molecule has 2 bridgehead atoms. The smallest absolute Gasteiger partial charge is 0.310 e. The third-order valence-corrected chi connectivity index (χ3v) is 8.71. The van der Waals surface area contributed by atoms with Gasteiger partial charge in [0.15, 0.2) is 17.5 Å². The fraction of sp³-hybridized carbons (Fsp3) is 0.615. The number of ketones is 1. The Morgan fingerprint density at radius 2 is 2.06 bits per heavy atom. The average Bonchev–Trinajstić information content (AvgIpc) is 3.24. The maximum absolute atomic E-state index is 14.2. The number of carbonyl (C=O) groups excluding carboxylic acids is 2. The summed E-state index contributed by atoms with van der Waals surface area (Å²) in [5.41, 5.74) is -2.78. The fourth-order valence-electron chi connectivity index (χ4n) is 7.01. The number of fused-ring (bicyclic) bond motifs is 3. The number of Topliss-reactive ketones (excluding diaryl/α,β-unsaturated/α-hetero) is 1. The molecule has 0 aliphatic heterocycles. The molecule has 0 heterocycles. The normalized spacial score (nSPS) is 44.0. The Balaban J connectivity index is 1.88. The molecule has 0 saturated heterocycles. The lowest BCUT2D eigenvalue weighted by molar-refractivity contribution is -0.204. The van der Waals surface area contributed by atoms with Gasteiger partial charge in [-0.05, 0) is 47.7 Å². The van der Waals surface area contributed by atoms with Crippen LogP contribution >= 0.6 is 0 Å². The second kappa shape index (κ2) is 7.51. The largest absolute Gasteiger partial charge is 0.454 e. The molecule has 2 saturated carbocycles. The van der Waals surface area contributed by atoms with Crippen molar-refractivity contribution in [3.63, 3.8) is 0 Å². The highest BCUT2D eigenvalue weighted by atomic mass is 16.6. The van der Waals surface area contributed by atoms with Crippen LogP contribution in [0, 0.1) is 34.5 Å². The molecule has 0 aromatic rings. The molecule has 8 unspecified atom stereocenters. The lowest BCUT2D eigenvalue weighted by Crippen LogP contribution is -2.66. The van der Waals surface area contributed by atoms with Gasteiger partial charge in [0.2, 0.25) is 0 Å². The van der Waals surface area contributed by atoms with Crippen molar-refractivity contribution in [3.05, 3.63) is 48.1 Å². The zero-order chi connectivity index (χ0) is 23.6. The Morgan fingerprint density at radius 1 is 1.38 bits per heavy atom. The zero-order valence-corrected chi connectivity index (χ0v) is 19.2. The topological polar surface area (TPSA) is 104 Å². The maximum atomic E-state index is 14.2. The number of rotatable bonds is 5. The van der Waals surface area contributed by atoms with Gasteiger partial charge in [0.25, 0.3) is 0 Å². The van der Waals surface area contributed by atoms with E-state index in [9.17, 15) is 24.9 Å². The molecule has 2 fully saturated rings. The van der Waals surface area contributed by atoms with Crippen LogP contribution in [-0.4, -0.2) is 51.5 Å². The number of allylic oxidation sites excluding steroid dienone is 3. The van der Waals surface area contributed by atoms with Gasteiger partial charge < -0.3 is 20.1 Å². The van der Waals surface area contributed by atoms with Gasteiger partial charge in [-0.2, -0.15) is 0 Å². The molecule has 0 aromatic heterocycles. The highest BCUT2D eigenvalue weighted by molar-refractivity contribution is 5.95. The van der Waals surface area contributed by atoms with Crippen LogP contribution in [-0.2, 0) is 14.3 Å². The van der Waals surface area contributed by atoms with Crippen molar-refractivity contribution < 1.29 is 29.6 Å². The summed E-state index contributed by atoms with van der Waals surface area (Å²) in [5.74, 6) is -1.18. The van der Waals surface area contributed by atoms with Crippen LogP contribution in [0.1, 0.15) is 40.5 Å². The van der Waals surface area contributed by atoms with Gasteiger partial charge in [0.1, 0.15) is 6.10 Å². The Kier molecular flexibility index (Phi) is 5.43. The predicted octanol–water partition coefficient (Wildman–Crippen LogP) is 2.50. The summed E-state index contributed by atoms with van der Waals surface area (Å²) in [7, 11) is 0. The third-order valence-electron chi connectivity index (χ3n) is 8.71. The van der Waals surface area contributed by atoms with E-state index < -0.39 is 41.7 Å². The molecule has 0 aromatic carbocycles. The molecule has 8 atom stereocenters. The molecule has 4 rings (SSSR count). The van der Waals surface area contributed by atoms with Gasteiger partial charge in [-0.15, -0.1) is 0 Å². The third kappa shape index (κ3) is 2.82. The van der Waals surface area contributed by atoms with E-state index in [1.54, 1.807) is 31.2 Å². The number of aliphatic hydroxyl groups is 3. The van der Waals surface area contributed by atoms with E-state index in [4.69, 9.17) is 4.74 Å². The lowest BCUT2D eigenvalue weighted by Gasteiger charge is -2.49. The van der Waals surface area contributed by atoms with E-state index in [0.29, 0.717) is 11.5 Å². The van der Waals surface area contributed by atoms with Crippen LogP contribution in [0.2, 0.25) is 0 Å². The highest BCUT2D eigenvalue weighted by Gasteiger charge is 2.76. The first-order chi connectivity index (χ1) is 15.0. The molecule has 0 radical (unpaired) electrons. The van der Waals surface area contributed by atoms with Crippen molar-refractivity contribution in [2.75, 3.05) is 6.61 Å². The van der Waals surface area contributed by atoms with E-state index in [0.717, 1.165) is 6.42 Å². The first-order valence-corrected chi connectivity index (χ1v) is 11.4. The van der Waals surface area contributed by atoms with Gasteiger partial charge in [-0.25, -0.2) is 0 Å². The van der Waals surface area contributed by atoms with Crippen molar-refractivity contribution in [1.29, 1.82) is 0 Å². The minimum atomic E-state index is -2.09. The van der Waals surface area contributed by atoms with Gasteiger partial charge in [-0.3, -0.25) is 9.59 Å². The summed E-state index contributed by atoms with van der Waals surface area (Å²) in [6.45, 7) is 11.0. The average molecular weight is 443 g/mol.